The minimum absolute atomic E-state index is 0.298. The average Bonchev–Trinajstić information content (AvgIpc) is 3.06. The quantitative estimate of drug-likeness (QED) is 0.582. The van der Waals surface area contributed by atoms with Crippen LogP contribution < -0.4 is 0 Å². The van der Waals surface area contributed by atoms with Crippen molar-refractivity contribution in [2.24, 2.45) is 0 Å². The summed E-state index contributed by atoms with van der Waals surface area (Å²) in [5, 5.41) is 0. The first-order valence-electron chi connectivity index (χ1n) is 7.55. The van der Waals surface area contributed by atoms with Crippen molar-refractivity contribution >= 4 is 12.1 Å². The maximum Gasteiger partial charge on any atom is 0.412 e. The fraction of sp³-hybridized carbons (Fsp3) is 0.867. The van der Waals surface area contributed by atoms with Gasteiger partial charge in [0.05, 0.1) is 19.3 Å². The van der Waals surface area contributed by atoms with Crippen molar-refractivity contribution in [2.45, 2.75) is 71.1 Å². The van der Waals surface area contributed by atoms with Crippen molar-refractivity contribution in [1.29, 1.82) is 0 Å². The lowest BCUT2D eigenvalue weighted by molar-refractivity contribution is -0.144. The van der Waals surface area contributed by atoms with Crippen molar-refractivity contribution < 1.29 is 28.5 Å². The lowest BCUT2D eigenvalue weighted by Gasteiger charge is -2.34. The third kappa shape index (κ3) is 3.52. The maximum absolute atomic E-state index is 12.5. The lowest BCUT2D eigenvalue weighted by atomic mass is 10.1. The molecule has 22 heavy (non-hydrogen) atoms. The molecule has 2 saturated heterocycles. The van der Waals surface area contributed by atoms with E-state index in [1.807, 2.05) is 0 Å². The van der Waals surface area contributed by atoms with E-state index in [2.05, 4.69) is 0 Å². The summed E-state index contributed by atoms with van der Waals surface area (Å²) in [5.41, 5.74) is -1.41. The molecule has 0 unspecified atom stereocenters. The van der Waals surface area contributed by atoms with E-state index < -0.39 is 35.6 Å². The Bertz CT molecular complexity index is 455. The van der Waals surface area contributed by atoms with E-state index in [1.54, 1.807) is 41.5 Å². The minimum Gasteiger partial charge on any atom is -0.464 e. The molecule has 0 saturated carbocycles. The normalized spacial score (nSPS) is 30.1. The third-order valence-electron chi connectivity index (χ3n) is 3.53. The smallest absolute Gasteiger partial charge is 0.412 e. The van der Waals surface area contributed by atoms with Gasteiger partial charge in [0.1, 0.15) is 17.4 Å². The van der Waals surface area contributed by atoms with Gasteiger partial charge in [-0.15, -0.1) is 0 Å². The van der Waals surface area contributed by atoms with Crippen molar-refractivity contribution in [2.75, 3.05) is 13.2 Å². The molecular weight excluding hydrogens is 290 g/mol. The standard InChI is InChI=1S/C15H25NO6/c1-7-19-12(17)11-10(21-11)9-8-20-15(5,6)16(9)13(18)22-14(2,3)4/h9-11H,7-8H2,1-6H3/t9-,10-,11+/m0/s1. The topological polar surface area (TPSA) is 77.6 Å². The van der Waals surface area contributed by atoms with E-state index in [-0.39, 0.29) is 6.04 Å². The van der Waals surface area contributed by atoms with Gasteiger partial charge in [-0.3, -0.25) is 4.90 Å². The van der Waals surface area contributed by atoms with Crippen LogP contribution in [0, 0.1) is 0 Å². The zero-order valence-electron chi connectivity index (χ0n) is 14.0. The van der Waals surface area contributed by atoms with Gasteiger partial charge < -0.3 is 18.9 Å². The molecule has 0 bridgehead atoms. The minimum atomic E-state index is -0.807. The number of carbonyl (C=O) groups excluding carboxylic acids is 2. The molecule has 2 rings (SSSR count). The molecule has 2 aliphatic rings. The summed E-state index contributed by atoms with van der Waals surface area (Å²) in [4.78, 5) is 25.7. The Hall–Kier alpha value is -1.34. The molecule has 7 nitrogen and oxygen atoms in total. The molecule has 0 N–H and O–H groups in total. The fourth-order valence-electron chi connectivity index (χ4n) is 2.57. The Morgan fingerprint density at radius 3 is 2.50 bits per heavy atom. The van der Waals surface area contributed by atoms with E-state index in [1.165, 1.54) is 4.90 Å². The molecule has 2 aliphatic heterocycles. The Balaban J connectivity index is 2.08. The van der Waals surface area contributed by atoms with Gasteiger partial charge in [-0.25, -0.2) is 9.59 Å². The van der Waals surface area contributed by atoms with Crippen molar-refractivity contribution in [3.05, 3.63) is 0 Å². The number of ether oxygens (including phenoxy) is 4. The molecule has 2 heterocycles. The summed E-state index contributed by atoms with van der Waals surface area (Å²) < 4.78 is 21.5. The van der Waals surface area contributed by atoms with Crippen LogP contribution in [0.15, 0.2) is 0 Å². The number of carbonyl (C=O) groups is 2. The first-order chi connectivity index (χ1) is 10.1. The monoisotopic (exact) mass is 315 g/mol. The Kier molecular flexibility index (Phi) is 4.41. The predicted molar refractivity (Wildman–Crippen MR) is 77.2 cm³/mol. The van der Waals surface area contributed by atoms with Crippen molar-refractivity contribution in [3.63, 3.8) is 0 Å². The molecular formula is C15H25NO6. The number of hydrogen-bond donors (Lipinski definition) is 0. The van der Waals surface area contributed by atoms with Crippen LogP contribution in [0.2, 0.25) is 0 Å². The van der Waals surface area contributed by atoms with Gasteiger partial charge in [0.25, 0.3) is 0 Å². The van der Waals surface area contributed by atoms with Gasteiger partial charge in [-0.05, 0) is 41.5 Å². The predicted octanol–water partition coefficient (Wildman–Crippen LogP) is 1.69. The number of epoxide rings is 1. The highest BCUT2D eigenvalue weighted by Gasteiger charge is 2.59. The van der Waals surface area contributed by atoms with Crippen molar-refractivity contribution in [1.82, 2.24) is 4.90 Å². The molecule has 0 aromatic heterocycles. The molecule has 0 radical (unpaired) electrons. The number of rotatable bonds is 3. The number of amides is 1. The largest absolute Gasteiger partial charge is 0.464 e. The van der Waals surface area contributed by atoms with Gasteiger partial charge in [-0.2, -0.15) is 0 Å². The van der Waals surface area contributed by atoms with Gasteiger partial charge in [0.15, 0.2) is 6.10 Å². The van der Waals surface area contributed by atoms with Crippen molar-refractivity contribution in [3.8, 4) is 0 Å². The highest BCUT2D eigenvalue weighted by molar-refractivity contribution is 5.78. The van der Waals surface area contributed by atoms with E-state index in [0.717, 1.165) is 0 Å². The lowest BCUT2D eigenvalue weighted by Crippen LogP contribution is -2.51. The van der Waals surface area contributed by atoms with Crippen LogP contribution in [-0.4, -0.2) is 59.8 Å². The van der Waals surface area contributed by atoms with Crippen LogP contribution in [0.5, 0.6) is 0 Å². The molecule has 126 valence electrons. The molecule has 0 aromatic carbocycles. The summed E-state index contributed by atoms with van der Waals surface area (Å²) in [5.74, 6) is -0.402. The second-order valence-corrected chi connectivity index (χ2v) is 6.95. The van der Waals surface area contributed by atoms with E-state index >= 15 is 0 Å². The third-order valence-corrected chi connectivity index (χ3v) is 3.53. The molecule has 1 amide bonds. The molecule has 0 aliphatic carbocycles. The van der Waals surface area contributed by atoms with Crippen LogP contribution in [0.4, 0.5) is 4.79 Å². The summed E-state index contributed by atoms with van der Waals surface area (Å²) in [6, 6.07) is -0.362. The summed E-state index contributed by atoms with van der Waals surface area (Å²) in [6.07, 6.45) is -1.51. The molecule has 2 fully saturated rings. The first kappa shape index (κ1) is 17.0. The van der Waals surface area contributed by atoms with E-state index in [0.29, 0.717) is 13.2 Å². The number of hydrogen-bond acceptors (Lipinski definition) is 6. The molecule has 7 heteroatoms. The van der Waals surface area contributed by atoms with Crippen LogP contribution in [0.1, 0.15) is 41.5 Å². The van der Waals surface area contributed by atoms with Crippen LogP contribution in [0.3, 0.4) is 0 Å². The van der Waals surface area contributed by atoms with Gasteiger partial charge >= 0.3 is 12.1 Å². The highest BCUT2D eigenvalue weighted by atomic mass is 16.6. The average molecular weight is 315 g/mol. The van der Waals surface area contributed by atoms with Gasteiger partial charge in [0, 0.05) is 0 Å². The van der Waals surface area contributed by atoms with Gasteiger partial charge in [0.2, 0.25) is 0 Å². The summed E-state index contributed by atoms with van der Waals surface area (Å²) >= 11 is 0. The summed E-state index contributed by atoms with van der Waals surface area (Å²) in [6.45, 7) is 11.3. The fourth-order valence-corrected chi connectivity index (χ4v) is 2.57. The van der Waals surface area contributed by atoms with Crippen LogP contribution >= 0.6 is 0 Å². The Labute approximate surface area is 130 Å². The zero-order chi connectivity index (χ0) is 16.7. The highest BCUT2D eigenvalue weighted by Crippen LogP contribution is 2.38. The maximum atomic E-state index is 12.5. The second kappa shape index (κ2) is 5.70. The zero-order valence-corrected chi connectivity index (χ0v) is 14.0. The molecule has 3 atom stereocenters. The number of esters is 1. The molecule has 0 aromatic rings. The van der Waals surface area contributed by atoms with E-state index in [9.17, 15) is 9.59 Å². The van der Waals surface area contributed by atoms with E-state index in [4.69, 9.17) is 18.9 Å². The SMILES string of the molecule is CCOC(=O)[C@@H]1O[C@H]1[C@@H]1COC(C)(C)N1C(=O)OC(C)(C)C. The van der Waals surface area contributed by atoms with Crippen LogP contribution in [0.25, 0.3) is 0 Å². The first-order valence-corrected chi connectivity index (χ1v) is 7.55. The van der Waals surface area contributed by atoms with Crippen LogP contribution in [-0.2, 0) is 23.7 Å². The second-order valence-electron chi connectivity index (χ2n) is 6.95. The van der Waals surface area contributed by atoms with Gasteiger partial charge in [-0.1, -0.05) is 0 Å². The Morgan fingerprint density at radius 2 is 1.95 bits per heavy atom. The number of nitrogens with zero attached hydrogens (tertiary/aromatic N) is 1. The molecule has 0 spiro atoms. The summed E-state index contributed by atoms with van der Waals surface area (Å²) in [7, 11) is 0. The Morgan fingerprint density at radius 1 is 1.32 bits per heavy atom.